The number of aromatic nitrogens is 4. The fourth-order valence-electron chi connectivity index (χ4n) is 2.36. The van der Waals surface area contributed by atoms with Gasteiger partial charge in [-0.1, -0.05) is 13.3 Å². The van der Waals surface area contributed by atoms with E-state index < -0.39 is 0 Å². The molecule has 3 aromatic rings. The van der Waals surface area contributed by atoms with Gasteiger partial charge in [0.2, 0.25) is 0 Å². The van der Waals surface area contributed by atoms with Gasteiger partial charge in [-0.05, 0) is 13.3 Å². The topological polar surface area (TPSA) is 52.7 Å². The van der Waals surface area contributed by atoms with Crippen molar-refractivity contribution in [3.05, 3.63) is 21.6 Å². The lowest BCUT2D eigenvalue weighted by Gasteiger charge is -2.04. The Kier molecular flexibility index (Phi) is 2.89. The van der Waals surface area contributed by atoms with Gasteiger partial charge in [-0.15, -0.1) is 11.3 Å². The normalized spacial score (nSPS) is 11.7. The summed E-state index contributed by atoms with van der Waals surface area (Å²) in [6.45, 7) is 4.76. The average molecular weight is 276 g/mol. The third-order valence-corrected chi connectivity index (χ3v) is 4.35. The molecule has 0 unspecified atom stereocenters. The summed E-state index contributed by atoms with van der Waals surface area (Å²) in [6, 6.07) is 0. The van der Waals surface area contributed by atoms with Crippen molar-refractivity contribution in [2.24, 2.45) is 7.05 Å². The Balaban J connectivity index is 2.31. The first-order valence-corrected chi connectivity index (χ1v) is 7.26. The van der Waals surface area contributed by atoms with Crippen LogP contribution in [0.15, 0.2) is 11.0 Å². The minimum absolute atomic E-state index is 0.0173. The second kappa shape index (κ2) is 4.45. The molecule has 0 aromatic carbocycles. The molecule has 0 saturated heterocycles. The van der Waals surface area contributed by atoms with Gasteiger partial charge in [0.1, 0.15) is 5.52 Å². The largest absolute Gasteiger partial charge is 0.323 e. The summed E-state index contributed by atoms with van der Waals surface area (Å²) in [5.74, 6) is 0. The first-order valence-electron chi connectivity index (χ1n) is 6.45. The van der Waals surface area contributed by atoms with Gasteiger partial charge in [0, 0.05) is 19.0 Å². The summed E-state index contributed by atoms with van der Waals surface area (Å²) < 4.78 is 4.50. The number of nitrogens with zero attached hydrogens (tertiary/aromatic N) is 4. The molecular weight excluding hydrogens is 260 g/mol. The Hall–Kier alpha value is -1.69. The molecule has 0 atom stereocenters. The molecule has 0 amide bonds. The van der Waals surface area contributed by atoms with Crippen molar-refractivity contribution in [1.29, 1.82) is 0 Å². The van der Waals surface area contributed by atoms with Crippen LogP contribution in [0.5, 0.6) is 0 Å². The highest BCUT2D eigenvalue weighted by molar-refractivity contribution is 7.19. The van der Waals surface area contributed by atoms with Crippen LogP contribution in [0.4, 0.5) is 0 Å². The third kappa shape index (κ3) is 1.78. The zero-order valence-corrected chi connectivity index (χ0v) is 12.1. The van der Waals surface area contributed by atoms with Gasteiger partial charge in [-0.25, -0.2) is 9.67 Å². The highest BCUT2D eigenvalue weighted by Crippen LogP contribution is 2.30. The van der Waals surface area contributed by atoms with Crippen molar-refractivity contribution < 1.29 is 0 Å². The summed E-state index contributed by atoms with van der Waals surface area (Å²) in [6.07, 6.45) is 3.82. The molecule has 3 heterocycles. The smallest absolute Gasteiger partial charge is 0.291 e. The average Bonchev–Trinajstić information content (AvgIpc) is 2.88. The molecule has 0 aliphatic rings. The summed E-state index contributed by atoms with van der Waals surface area (Å²) >= 11 is 1.61. The predicted molar refractivity (Wildman–Crippen MR) is 77.8 cm³/mol. The zero-order chi connectivity index (χ0) is 13.6. The van der Waals surface area contributed by atoms with Gasteiger partial charge in [0.25, 0.3) is 5.56 Å². The lowest BCUT2D eigenvalue weighted by Crippen LogP contribution is -2.24. The molecule has 6 heteroatoms. The van der Waals surface area contributed by atoms with E-state index in [1.807, 2.05) is 18.5 Å². The van der Waals surface area contributed by atoms with Crippen LogP contribution in [-0.4, -0.2) is 19.3 Å². The van der Waals surface area contributed by atoms with E-state index in [4.69, 9.17) is 0 Å². The van der Waals surface area contributed by atoms with E-state index in [2.05, 4.69) is 17.0 Å². The summed E-state index contributed by atoms with van der Waals surface area (Å²) in [5, 5.41) is 6.22. The lowest BCUT2D eigenvalue weighted by atomic mass is 10.3. The van der Waals surface area contributed by atoms with E-state index in [1.165, 1.54) is 0 Å². The molecule has 0 N–H and O–H groups in total. The maximum atomic E-state index is 12.5. The van der Waals surface area contributed by atoms with E-state index in [1.54, 1.807) is 22.2 Å². The van der Waals surface area contributed by atoms with Crippen molar-refractivity contribution in [3.63, 3.8) is 0 Å². The van der Waals surface area contributed by atoms with E-state index in [0.29, 0.717) is 12.1 Å². The van der Waals surface area contributed by atoms with Crippen molar-refractivity contribution >= 4 is 32.6 Å². The van der Waals surface area contributed by atoms with Gasteiger partial charge in [-0.2, -0.15) is 5.10 Å². The minimum atomic E-state index is -0.0173. The molecule has 5 nitrogen and oxygen atoms in total. The fraction of sp³-hybridized carbons (Fsp3) is 0.462. The van der Waals surface area contributed by atoms with E-state index in [9.17, 15) is 4.79 Å². The maximum absolute atomic E-state index is 12.5. The molecule has 100 valence electrons. The number of fused-ring (bicyclic) bond motifs is 3. The van der Waals surface area contributed by atoms with Gasteiger partial charge >= 0.3 is 0 Å². The predicted octanol–water partition coefficient (Wildman–Crippen LogP) is 2.45. The van der Waals surface area contributed by atoms with Gasteiger partial charge in [0.15, 0.2) is 5.65 Å². The van der Waals surface area contributed by atoms with Crippen LogP contribution >= 0.6 is 11.3 Å². The highest BCUT2D eigenvalue weighted by Gasteiger charge is 2.16. The Morgan fingerprint density at radius 1 is 1.42 bits per heavy atom. The van der Waals surface area contributed by atoms with Crippen molar-refractivity contribution in [2.45, 2.75) is 33.2 Å². The molecule has 0 aliphatic carbocycles. The minimum Gasteiger partial charge on any atom is -0.323 e. The first kappa shape index (κ1) is 12.3. The molecular formula is C13H16N4OS. The van der Waals surface area contributed by atoms with Gasteiger partial charge in [0.05, 0.1) is 15.9 Å². The van der Waals surface area contributed by atoms with Crippen molar-refractivity contribution in [1.82, 2.24) is 19.3 Å². The number of thiazole rings is 1. The summed E-state index contributed by atoms with van der Waals surface area (Å²) in [7, 11) is 1.90. The van der Waals surface area contributed by atoms with Crippen LogP contribution in [0.1, 0.15) is 24.8 Å². The first-order chi connectivity index (χ1) is 9.13. The van der Waals surface area contributed by atoms with Gasteiger partial charge < -0.3 is 4.57 Å². The monoisotopic (exact) mass is 276 g/mol. The fourth-order valence-corrected chi connectivity index (χ4v) is 3.32. The van der Waals surface area contributed by atoms with Gasteiger partial charge in [-0.3, -0.25) is 4.79 Å². The molecule has 0 fully saturated rings. The molecule has 0 radical (unpaired) electrons. The number of unbranched alkanes of at least 4 members (excludes halogenated alkanes) is 1. The maximum Gasteiger partial charge on any atom is 0.291 e. The van der Waals surface area contributed by atoms with Crippen LogP contribution in [0.25, 0.3) is 21.3 Å². The summed E-state index contributed by atoms with van der Waals surface area (Å²) in [5.41, 5.74) is 1.57. The molecule has 3 rings (SSSR count). The molecule has 0 spiro atoms. The second-order valence-electron chi connectivity index (χ2n) is 4.73. The number of hydrogen-bond acceptors (Lipinski definition) is 4. The van der Waals surface area contributed by atoms with E-state index in [0.717, 1.165) is 33.6 Å². The van der Waals surface area contributed by atoms with Crippen molar-refractivity contribution in [2.75, 3.05) is 0 Å². The SMILES string of the molecule is CCCCn1ncc2c3sc(C)nc3n(C)c2c1=O. The van der Waals surface area contributed by atoms with E-state index >= 15 is 0 Å². The molecule has 0 bridgehead atoms. The number of hydrogen-bond donors (Lipinski definition) is 0. The number of rotatable bonds is 3. The summed E-state index contributed by atoms with van der Waals surface area (Å²) in [4.78, 5) is 17.0. The second-order valence-corrected chi connectivity index (χ2v) is 5.94. The highest BCUT2D eigenvalue weighted by atomic mass is 32.1. The number of aryl methyl sites for hydroxylation is 3. The lowest BCUT2D eigenvalue weighted by molar-refractivity contribution is 0.546. The van der Waals surface area contributed by atoms with Crippen LogP contribution < -0.4 is 5.56 Å². The Bertz CT molecular complexity index is 811. The molecule has 0 aliphatic heterocycles. The molecule has 19 heavy (non-hydrogen) atoms. The molecule has 0 saturated carbocycles. The zero-order valence-electron chi connectivity index (χ0n) is 11.3. The van der Waals surface area contributed by atoms with Crippen LogP contribution in [0.2, 0.25) is 0 Å². The van der Waals surface area contributed by atoms with Crippen LogP contribution in [-0.2, 0) is 13.6 Å². The Labute approximate surface area is 114 Å². The van der Waals surface area contributed by atoms with Crippen molar-refractivity contribution in [3.8, 4) is 0 Å². The standard InChI is InChI=1S/C13H16N4OS/c1-4-5-6-17-13(18)10-9(7-14-17)11-12(16(10)3)15-8(2)19-11/h7H,4-6H2,1-3H3. The Morgan fingerprint density at radius 2 is 2.21 bits per heavy atom. The molecule has 3 aromatic heterocycles. The van der Waals surface area contributed by atoms with E-state index in [-0.39, 0.29) is 5.56 Å². The van der Waals surface area contributed by atoms with Crippen LogP contribution in [0, 0.1) is 6.92 Å². The third-order valence-electron chi connectivity index (χ3n) is 3.36. The Morgan fingerprint density at radius 3 is 2.95 bits per heavy atom. The van der Waals surface area contributed by atoms with Crippen LogP contribution in [0.3, 0.4) is 0 Å². The quantitative estimate of drug-likeness (QED) is 0.738.